The molecule has 1 aromatic rings. The number of aliphatic hydroxyl groups excluding tert-OH is 2. The standard InChI is InChI=1S/C15H25NO4/c1-15(2,6-7-20-3)16-9-14(19)11-4-5-13(18)12(8-11)10-17/h4-5,8,14,16-19H,6-7,9-10H2,1-3H3. The second-order valence-corrected chi connectivity index (χ2v) is 5.57. The minimum atomic E-state index is -0.692. The Morgan fingerprint density at radius 2 is 2.05 bits per heavy atom. The second kappa shape index (κ2) is 7.59. The summed E-state index contributed by atoms with van der Waals surface area (Å²) < 4.78 is 5.05. The first-order valence-electron chi connectivity index (χ1n) is 6.74. The van der Waals surface area contributed by atoms with Gasteiger partial charge >= 0.3 is 0 Å². The summed E-state index contributed by atoms with van der Waals surface area (Å²) in [7, 11) is 1.66. The summed E-state index contributed by atoms with van der Waals surface area (Å²) in [6.45, 7) is 4.90. The lowest BCUT2D eigenvalue weighted by molar-refractivity contribution is 0.137. The van der Waals surface area contributed by atoms with E-state index in [1.54, 1.807) is 19.2 Å². The van der Waals surface area contributed by atoms with Crippen molar-refractivity contribution in [3.8, 4) is 5.75 Å². The Labute approximate surface area is 120 Å². The molecular weight excluding hydrogens is 258 g/mol. The van der Waals surface area contributed by atoms with Gasteiger partial charge < -0.3 is 25.4 Å². The molecule has 5 heteroatoms. The lowest BCUT2D eigenvalue weighted by atomic mass is 9.99. The van der Waals surface area contributed by atoms with Crippen molar-refractivity contribution >= 4 is 0 Å². The van der Waals surface area contributed by atoms with E-state index < -0.39 is 6.10 Å². The quantitative estimate of drug-likeness (QED) is 0.578. The van der Waals surface area contributed by atoms with Crippen LogP contribution in [0, 0.1) is 0 Å². The van der Waals surface area contributed by atoms with Crippen LogP contribution >= 0.6 is 0 Å². The van der Waals surface area contributed by atoms with Gasteiger partial charge in [-0.25, -0.2) is 0 Å². The number of benzene rings is 1. The van der Waals surface area contributed by atoms with Crippen LogP contribution in [0.15, 0.2) is 18.2 Å². The maximum absolute atomic E-state index is 10.2. The average Bonchev–Trinajstić information content (AvgIpc) is 2.43. The van der Waals surface area contributed by atoms with Gasteiger partial charge in [0.2, 0.25) is 0 Å². The van der Waals surface area contributed by atoms with Crippen molar-refractivity contribution in [3.05, 3.63) is 29.3 Å². The van der Waals surface area contributed by atoms with Crippen LogP contribution in [0.25, 0.3) is 0 Å². The molecule has 0 fully saturated rings. The van der Waals surface area contributed by atoms with Crippen molar-refractivity contribution in [2.24, 2.45) is 0 Å². The summed E-state index contributed by atoms with van der Waals surface area (Å²) in [5.41, 5.74) is 0.954. The smallest absolute Gasteiger partial charge is 0.121 e. The Morgan fingerprint density at radius 1 is 1.35 bits per heavy atom. The third-order valence-corrected chi connectivity index (χ3v) is 3.36. The minimum Gasteiger partial charge on any atom is -0.508 e. The number of rotatable bonds is 8. The molecule has 0 radical (unpaired) electrons. The zero-order valence-corrected chi connectivity index (χ0v) is 12.4. The maximum Gasteiger partial charge on any atom is 0.121 e. The van der Waals surface area contributed by atoms with Crippen molar-refractivity contribution in [2.75, 3.05) is 20.3 Å². The van der Waals surface area contributed by atoms with Crippen LogP contribution in [-0.4, -0.2) is 41.1 Å². The molecular formula is C15H25NO4. The number of hydrogen-bond donors (Lipinski definition) is 4. The number of β-amino-alcohol motifs (C(OH)–C–C–N with tert-alkyl or cyclic N) is 1. The molecule has 1 atom stereocenters. The van der Waals surface area contributed by atoms with Crippen molar-refractivity contribution < 1.29 is 20.1 Å². The van der Waals surface area contributed by atoms with Crippen LogP contribution in [0.1, 0.15) is 37.5 Å². The normalized spacial score (nSPS) is 13.4. The summed E-state index contributed by atoms with van der Waals surface area (Å²) in [6, 6.07) is 4.76. The molecule has 1 aromatic carbocycles. The Balaban J connectivity index is 2.60. The van der Waals surface area contributed by atoms with Gasteiger partial charge in [0.25, 0.3) is 0 Å². The molecule has 20 heavy (non-hydrogen) atoms. The van der Waals surface area contributed by atoms with Gasteiger partial charge in [-0.2, -0.15) is 0 Å². The zero-order valence-electron chi connectivity index (χ0n) is 12.4. The van der Waals surface area contributed by atoms with Crippen LogP contribution in [0.4, 0.5) is 0 Å². The highest BCUT2D eigenvalue weighted by atomic mass is 16.5. The molecule has 0 spiro atoms. The van der Waals surface area contributed by atoms with Crippen molar-refractivity contribution in [1.82, 2.24) is 5.32 Å². The predicted octanol–water partition coefficient (Wildman–Crippen LogP) is 1.32. The molecule has 0 amide bonds. The Bertz CT molecular complexity index is 420. The molecule has 0 saturated heterocycles. The number of methoxy groups -OCH3 is 1. The highest BCUT2D eigenvalue weighted by Gasteiger charge is 2.19. The highest BCUT2D eigenvalue weighted by molar-refractivity contribution is 5.36. The summed E-state index contributed by atoms with van der Waals surface area (Å²) in [6.07, 6.45) is 0.149. The number of hydrogen-bond acceptors (Lipinski definition) is 5. The molecule has 1 unspecified atom stereocenters. The van der Waals surface area contributed by atoms with E-state index in [4.69, 9.17) is 9.84 Å². The molecule has 0 heterocycles. The van der Waals surface area contributed by atoms with Crippen LogP contribution in [0.3, 0.4) is 0 Å². The van der Waals surface area contributed by atoms with Crippen LogP contribution in [-0.2, 0) is 11.3 Å². The SMILES string of the molecule is COCCC(C)(C)NCC(O)c1ccc(O)c(CO)c1. The monoisotopic (exact) mass is 283 g/mol. The van der Waals surface area contributed by atoms with Gasteiger partial charge in [-0.3, -0.25) is 0 Å². The van der Waals surface area contributed by atoms with Crippen molar-refractivity contribution in [1.29, 1.82) is 0 Å². The van der Waals surface area contributed by atoms with E-state index in [9.17, 15) is 10.2 Å². The average molecular weight is 283 g/mol. The number of aliphatic hydroxyl groups is 2. The van der Waals surface area contributed by atoms with E-state index >= 15 is 0 Å². The van der Waals surface area contributed by atoms with Gasteiger partial charge in [-0.1, -0.05) is 6.07 Å². The summed E-state index contributed by atoms with van der Waals surface area (Å²) in [4.78, 5) is 0. The number of ether oxygens (including phenoxy) is 1. The van der Waals surface area contributed by atoms with E-state index in [0.29, 0.717) is 24.3 Å². The zero-order chi connectivity index (χ0) is 15.2. The van der Waals surface area contributed by atoms with Crippen molar-refractivity contribution in [3.63, 3.8) is 0 Å². The Hall–Kier alpha value is -1.14. The molecule has 114 valence electrons. The first-order chi connectivity index (χ1) is 9.39. The summed E-state index contributed by atoms with van der Waals surface area (Å²) >= 11 is 0. The molecule has 0 aliphatic rings. The molecule has 0 bridgehead atoms. The first-order valence-corrected chi connectivity index (χ1v) is 6.74. The molecule has 0 aliphatic heterocycles. The van der Waals surface area contributed by atoms with Crippen LogP contribution in [0.2, 0.25) is 0 Å². The van der Waals surface area contributed by atoms with Gasteiger partial charge in [0.1, 0.15) is 5.75 Å². The van der Waals surface area contributed by atoms with Gasteiger partial charge in [-0.05, 0) is 38.0 Å². The number of nitrogens with one attached hydrogen (secondary N) is 1. The van der Waals surface area contributed by atoms with E-state index in [-0.39, 0.29) is 17.9 Å². The highest BCUT2D eigenvalue weighted by Crippen LogP contribution is 2.22. The second-order valence-electron chi connectivity index (χ2n) is 5.57. The number of aromatic hydroxyl groups is 1. The molecule has 4 N–H and O–H groups in total. The lowest BCUT2D eigenvalue weighted by Gasteiger charge is -2.27. The van der Waals surface area contributed by atoms with E-state index in [2.05, 4.69) is 19.2 Å². The van der Waals surface area contributed by atoms with Gasteiger partial charge in [0, 0.05) is 31.4 Å². The molecule has 5 nitrogen and oxygen atoms in total. The fourth-order valence-corrected chi connectivity index (χ4v) is 1.88. The minimum absolute atomic E-state index is 0.0387. The fourth-order valence-electron chi connectivity index (χ4n) is 1.88. The van der Waals surface area contributed by atoms with E-state index in [1.165, 1.54) is 6.07 Å². The first kappa shape index (κ1) is 16.9. The maximum atomic E-state index is 10.2. The van der Waals surface area contributed by atoms with Gasteiger partial charge in [0.15, 0.2) is 0 Å². The van der Waals surface area contributed by atoms with Gasteiger partial charge in [0.05, 0.1) is 12.7 Å². The van der Waals surface area contributed by atoms with Crippen molar-refractivity contribution in [2.45, 2.75) is 38.5 Å². The van der Waals surface area contributed by atoms with Gasteiger partial charge in [-0.15, -0.1) is 0 Å². The molecule has 0 saturated carbocycles. The predicted molar refractivity (Wildman–Crippen MR) is 77.6 cm³/mol. The topological polar surface area (TPSA) is 82.0 Å². The number of phenols is 1. The largest absolute Gasteiger partial charge is 0.508 e. The third-order valence-electron chi connectivity index (χ3n) is 3.36. The fraction of sp³-hybridized carbons (Fsp3) is 0.600. The van der Waals surface area contributed by atoms with Crippen LogP contribution < -0.4 is 5.32 Å². The third kappa shape index (κ3) is 5.09. The Morgan fingerprint density at radius 3 is 2.65 bits per heavy atom. The lowest BCUT2D eigenvalue weighted by Crippen LogP contribution is -2.42. The summed E-state index contributed by atoms with van der Waals surface area (Å²) in [5.74, 6) is 0.0387. The molecule has 1 rings (SSSR count). The van der Waals surface area contributed by atoms with E-state index in [1.807, 2.05) is 0 Å². The molecule has 0 aliphatic carbocycles. The van der Waals surface area contributed by atoms with E-state index in [0.717, 1.165) is 6.42 Å². The molecule has 0 aromatic heterocycles. The summed E-state index contributed by atoms with van der Waals surface area (Å²) in [5, 5.41) is 32.1. The Kier molecular flexibility index (Phi) is 6.42. The van der Waals surface area contributed by atoms with Crippen LogP contribution in [0.5, 0.6) is 5.75 Å².